The van der Waals surface area contributed by atoms with Gasteiger partial charge in [0.15, 0.2) is 5.82 Å². The molecule has 43 heavy (non-hydrogen) atoms. The third-order valence-electron chi connectivity index (χ3n) is 10.0. The Morgan fingerprint density at radius 3 is 2.79 bits per heavy atom. The summed E-state index contributed by atoms with van der Waals surface area (Å²) in [6, 6.07) is 11.6. The minimum absolute atomic E-state index is 0.0522. The maximum atomic E-state index is 16.7. The Bertz CT molecular complexity index is 1740. The van der Waals surface area contributed by atoms with Crippen molar-refractivity contribution in [1.29, 1.82) is 0 Å². The van der Waals surface area contributed by atoms with Crippen molar-refractivity contribution >= 4 is 27.5 Å². The number of hydrogen-bond acceptors (Lipinski definition) is 7. The molecule has 4 saturated heterocycles. The van der Waals surface area contributed by atoms with Gasteiger partial charge in [-0.1, -0.05) is 18.2 Å². The fourth-order valence-corrected chi connectivity index (χ4v) is 8.00. The lowest BCUT2D eigenvalue weighted by atomic mass is 9.95. The van der Waals surface area contributed by atoms with Crippen molar-refractivity contribution in [2.75, 3.05) is 37.7 Å². The second kappa shape index (κ2) is 10.2. The molecule has 3 aromatic carbocycles. The summed E-state index contributed by atoms with van der Waals surface area (Å²) in [7, 11) is 0. The molecule has 5 heterocycles. The first kappa shape index (κ1) is 27.0. The summed E-state index contributed by atoms with van der Waals surface area (Å²) in [4.78, 5) is 13.8. The normalized spacial score (nSPS) is 27.2. The molecule has 2 N–H and O–H groups in total. The van der Waals surface area contributed by atoms with Gasteiger partial charge in [-0.15, -0.1) is 0 Å². The van der Waals surface area contributed by atoms with E-state index in [1.54, 1.807) is 24.3 Å². The number of phenolic OH excluding ortho intramolecular Hbond substituents is 1. The minimum atomic E-state index is -0.894. The van der Waals surface area contributed by atoms with E-state index in [0.29, 0.717) is 41.6 Å². The van der Waals surface area contributed by atoms with Crippen LogP contribution in [0.25, 0.3) is 32.8 Å². The van der Waals surface area contributed by atoms with E-state index >= 15 is 8.78 Å². The van der Waals surface area contributed by atoms with Crippen LogP contribution in [0.3, 0.4) is 0 Å². The standard InChI is InChI=1S/C33H34F3N5O2/c34-20-15-33(10-2-11-41(33)16-20)18-43-32-38-30-25(31(39-32)40-12-9-21-5-6-22(17-40)37-21)8-7-24(29(30)36)26-14-23(42)13-19-3-1-4-27(35)28(19)26/h1,3-4,7-8,13-14,20-22,37,42H,2,5-6,9-12,15-18H2/t20-,21+,22-,33+/m1/s1. The Labute approximate surface area is 247 Å². The summed E-state index contributed by atoms with van der Waals surface area (Å²) in [5, 5.41) is 15.4. The van der Waals surface area contributed by atoms with Gasteiger partial charge >= 0.3 is 6.01 Å². The van der Waals surface area contributed by atoms with Crippen LogP contribution in [0.15, 0.2) is 42.5 Å². The summed E-state index contributed by atoms with van der Waals surface area (Å²) in [5.74, 6) is -0.631. The highest BCUT2D eigenvalue weighted by Crippen LogP contribution is 2.42. The molecule has 7 nitrogen and oxygen atoms in total. The fourth-order valence-electron chi connectivity index (χ4n) is 8.00. The van der Waals surface area contributed by atoms with Crippen LogP contribution in [0.4, 0.5) is 19.0 Å². The molecule has 8 rings (SSSR count). The largest absolute Gasteiger partial charge is 0.508 e. The number of aromatic hydroxyl groups is 1. The third-order valence-corrected chi connectivity index (χ3v) is 10.0. The number of anilines is 1. The van der Waals surface area contributed by atoms with E-state index in [0.717, 1.165) is 51.7 Å². The van der Waals surface area contributed by atoms with Gasteiger partial charge in [0.05, 0.1) is 5.54 Å². The molecule has 0 aliphatic carbocycles. The molecule has 0 unspecified atom stereocenters. The number of benzene rings is 3. The molecule has 4 aliphatic rings. The molecule has 4 fully saturated rings. The van der Waals surface area contributed by atoms with Crippen LogP contribution in [0.5, 0.6) is 11.8 Å². The summed E-state index contributed by atoms with van der Waals surface area (Å²) in [6.07, 6.45) is 4.50. The average Bonchev–Trinajstić information content (AvgIpc) is 3.62. The number of rotatable bonds is 5. The number of nitrogens with zero attached hydrogens (tertiary/aromatic N) is 4. The number of ether oxygens (including phenoxy) is 1. The maximum Gasteiger partial charge on any atom is 0.319 e. The molecule has 0 spiro atoms. The zero-order valence-electron chi connectivity index (χ0n) is 23.8. The second-order valence-corrected chi connectivity index (χ2v) is 12.7. The highest BCUT2D eigenvalue weighted by atomic mass is 19.1. The summed E-state index contributed by atoms with van der Waals surface area (Å²) in [5.41, 5.74) is 0.0412. The van der Waals surface area contributed by atoms with Gasteiger partial charge in [-0.25, -0.2) is 13.2 Å². The summed E-state index contributed by atoms with van der Waals surface area (Å²) < 4.78 is 52.4. The van der Waals surface area contributed by atoms with Crippen LogP contribution in [0.1, 0.15) is 38.5 Å². The van der Waals surface area contributed by atoms with Gasteiger partial charge in [0.25, 0.3) is 0 Å². The van der Waals surface area contributed by atoms with Crippen LogP contribution in [0.2, 0.25) is 0 Å². The molecule has 4 aliphatic heterocycles. The van der Waals surface area contributed by atoms with Gasteiger partial charge in [0.2, 0.25) is 0 Å². The van der Waals surface area contributed by atoms with Crippen molar-refractivity contribution in [3.63, 3.8) is 0 Å². The van der Waals surface area contributed by atoms with E-state index in [-0.39, 0.29) is 40.4 Å². The van der Waals surface area contributed by atoms with E-state index in [9.17, 15) is 9.50 Å². The first-order valence-corrected chi connectivity index (χ1v) is 15.3. The van der Waals surface area contributed by atoms with Crippen molar-refractivity contribution < 1.29 is 23.0 Å². The zero-order chi connectivity index (χ0) is 29.3. The lowest BCUT2D eigenvalue weighted by Crippen LogP contribution is -2.43. The predicted octanol–water partition coefficient (Wildman–Crippen LogP) is 5.72. The monoisotopic (exact) mass is 589 g/mol. The molecule has 10 heteroatoms. The van der Waals surface area contributed by atoms with Crippen molar-refractivity contribution in [2.45, 2.75) is 62.3 Å². The van der Waals surface area contributed by atoms with Crippen molar-refractivity contribution in [2.24, 2.45) is 0 Å². The molecule has 0 amide bonds. The SMILES string of the molecule is Oc1cc(-c2ccc3c(N4CC[C@@H]5CC[C@H](C4)N5)nc(OC[C@@]45CCCN4C[C@H](F)C5)nc3c2F)c2c(F)cccc2c1. The quantitative estimate of drug-likeness (QED) is 0.309. The zero-order valence-corrected chi connectivity index (χ0v) is 23.8. The van der Waals surface area contributed by atoms with Gasteiger partial charge in [-0.2, -0.15) is 9.97 Å². The molecular weight excluding hydrogens is 555 g/mol. The Kier molecular flexibility index (Phi) is 6.41. The Balaban J connectivity index is 1.25. The average molecular weight is 590 g/mol. The van der Waals surface area contributed by atoms with E-state index in [4.69, 9.17) is 9.72 Å². The van der Waals surface area contributed by atoms with Crippen LogP contribution >= 0.6 is 0 Å². The molecule has 4 aromatic rings. The first-order valence-electron chi connectivity index (χ1n) is 15.3. The van der Waals surface area contributed by atoms with Crippen molar-refractivity contribution in [1.82, 2.24) is 20.2 Å². The number of nitrogens with one attached hydrogen (secondary N) is 1. The Morgan fingerprint density at radius 1 is 1.00 bits per heavy atom. The second-order valence-electron chi connectivity index (χ2n) is 12.7. The van der Waals surface area contributed by atoms with Gasteiger partial charge in [0, 0.05) is 54.5 Å². The van der Waals surface area contributed by atoms with Gasteiger partial charge in [0.1, 0.15) is 35.7 Å². The lowest BCUT2D eigenvalue weighted by Gasteiger charge is -2.31. The minimum Gasteiger partial charge on any atom is -0.508 e. The van der Waals surface area contributed by atoms with E-state index in [2.05, 4.69) is 20.1 Å². The molecule has 224 valence electrons. The van der Waals surface area contributed by atoms with Crippen LogP contribution in [-0.2, 0) is 0 Å². The van der Waals surface area contributed by atoms with Gasteiger partial charge in [-0.05, 0) is 73.9 Å². The number of fused-ring (bicyclic) bond motifs is 5. The first-order chi connectivity index (χ1) is 20.9. The Hall–Kier alpha value is -3.63. The Morgan fingerprint density at radius 2 is 1.88 bits per heavy atom. The number of phenols is 1. The van der Waals surface area contributed by atoms with Gasteiger partial charge < -0.3 is 20.1 Å². The fraction of sp³-hybridized carbons (Fsp3) is 0.455. The summed E-state index contributed by atoms with van der Waals surface area (Å²) >= 11 is 0. The van der Waals surface area contributed by atoms with Crippen molar-refractivity contribution in [3.8, 4) is 22.9 Å². The molecule has 1 aromatic heterocycles. The van der Waals surface area contributed by atoms with E-state index in [1.165, 1.54) is 18.2 Å². The van der Waals surface area contributed by atoms with Crippen molar-refractivity contribution in [3.05, 3.63) is 54.1 Å². The maximum absolute atomic E-state index is 16.7. The topological polar surface area (TPSA) is 73.8 Å². The number of halogens is 3. The van der Waals surface area contributed by atoms with Crippen LogP contribution < -0.4 is 15.0 Å². The van der Waals surface area contributed by atoms with E-state index < -0.39 is 23.3 Å². The number of alkyl halides is 1. The highest BCUT2D eigenvalue weighted by molar-refractivity contribution is 6.01. The lowest BCUT2D eigenvalue weighted by molar-refractivity contribution is 0.107. The molecule has 4 atom stereocenters. The molecular formula is C33H34F3N5O2. The molecule has 0 saturated carbocycles. The van der Waals surface area contributed by atoms with E-state index in [1.807, 2.05) is 0 Å². The number of hydrogen-bond donors (Lipinski definition) is 2. The smallest absolute Gasteiger partial charge is 0.319 e. The predicted molar refractivity (Wildman–Crippen MR) is 159 cm³/mol. The summed E-state index contributed by atoms with van der Waals surface area (Å²) in [6.45, 7) is 2.96. The van der Waals surface area contributed by atoms with Crippen LogP contribution in [-0.4, -0.2) is 76.6 Å². The molecule has 2 bridgehead atoms. The number of aromatic nitrogens is 2. The van der Waals surface area contributed by atoms with Gasteiger partial charge in [-0.3, -0.25) is 4.90 Å². The highest BCUT2D eigenvalue weighted by Gasteiger charge is 2.49. The van der Waals surface area contributed by atoms with Crippen LogP contribution in [0, 0.1) is 11.6 Å². The third kappa shape index (κ3) is 4.57. The molecule has 0 radical (unpaired) electrons.